The van der Waals surface area contributed by atoms with Gasteiger partial charge in [0.2, 0.25) is 11.8 Å². The van der Waals surface area contributed by atoms with Crippen LogP contribution in [0.2, 0.25) is 0 Å². The van der Waals surface area contributed by atoms with E-state index < -0.39 is 0 Å². The molecule has 1 aliphatic carbocycles. The van der Waals surface area contributed by atoms with Gasteiger partial charge < -0.3 is 20.4 Å². The average Bonchev–Trinajstić information content (AvgIpc) is 3.17. The Morgan fingerprint density at radius 3 is 2.48 bits per heavy atom. The summed E-state index contributed by atoms with van der Waals surface area (Å²) >= 11 is 0. The molecule has 1 unspecified atom stereocenters. The number of anilines is 1. The van der Waals surface area contributed by atoms with Crippen molar-refractivity contribution in [3.8, 4) is 0 Å². The van der Waals surface area contributed by atoms with Gasteiger partial charge in [0, 0.05) is 37.8 Å². The number of hydrogen-bond donors (Lipinski definition) is 2. The second-order valence-corrected chi connectivity index (χ2v) is 7.61. The fourth-order valence-electron chi connectivity index (χ4n) is 3.80. The Morgan fingerprint density at radius 1 is 1.04 bits per heavy atom. The third-order valence-corrected chi connectivity index (χ3v) is 5.51. The lowest BCUT2D eigenvalue weighted by Crippen LogP contribution is -2.49. The molecule has 2 saturated heterocycles. The molecule has 4 amide bonds. The molecule has 27 heavy (non-hydrogen) atoms. The number of nitrogens with zero attached hydrogens (tertiary/aromatic N) is 2. The number of hydrogen-bond acceptors (Lipinski definition) is 3. The van der Waals surface area contributed by atoms with Gasteiger partial charge in [-0.1, -0.05) is 12.1 Å². The van der Waals surface area contributed by atoms with E-state index in [1.807, 2.05) is 24.3 Å². The zero-order valence-corrected chi connectivity index (χ0v) is 15.4. The first-order valence-electron chi connectivity index (χ1n) is 9.86. The first-order valence-corrected chi connectivity index (χ1v) is 9.86. The number of likely N-dealkylation sites (tertiary alicyclic amines) is 1. The quantitative estimate of drug-likeness (QED) is 0.829. The molecule has 2 heterocycles. The molecule has 1 saturated carbocycles. The van der Waals surface area contributed by atoms with Crippen LogP contribution in [0.1, 0.15) is 44.1 Å². The van der Waals surface area contributed by atoms with Crippen molar-refractivity contribution in [2.24, 2.45) is 0 Å². The molecule has 144 valence electrons. The molecule has 2 N–H and O–H groups in total. The summed E-state index contributed by atoms with van der Waals surface area (Å²) < 4.78 is 0. The number of carbonyl (C=O) groups is 3. The summed E-state index contributed by atoms with van der Waals surface area (Å²) in [5, 5.41) is 5.92. The van der Waals surface area contributed by atoms with Crippen molar-refractivity contribution in [1.29, 1.82) is 0 Å². The lowest BCUT2D eigenvalue weighted by Gasteiger charge is -2.24. The molecular weight excluding hydrogens is 344 g/mol. The van der Waals surface area contributed by atoms with Crippen LogP contribution in [0, 0.1) is 0 Å². The van der Waals surface area contributed by atoms with Crippen LogP contribution in [-0.2, 0) is 16.1 Å². The van der Waals surface area contributed by atoms with Gasteiger partial charge in [-0.05, 0) is 49.8 Å². The predicted molar refractivity (Wildman–Crippen MR) is 101 cm³/mol. The molecule has 1 aromatic carbocycles. The van der Waals surface area contributed by atoms with Crippen molar-refractivity contribution in [3.05, 3.63) is 29.8 Å². The Hall–Kier alpha value is -2.57. The molecule has 2 aliphatic heterocycles. The van der Waals surface area contributed by atoms with Crippen molar-refractivity contribution < 1.29 is 14.4 Å². The van der Waals surface area contributed by atoms with E-state index in [1.54, 1.807) is 9.80 Å². The van der Waals surface area contributed by atoms with E-state index in [1.165, 1.54) is 0 Å². The first-order chi connectivity index (χ1) is 13.1. The highest BCUT2D eigenvalue weighted by Crippen LogP contribution is 2.23. The maximum absolute atomic E-state index is 12.5. The first kappa shape index (κ1) is 17.8. The molecule has 0 bridgehead atoms. The third-order valence-electron chi connectivity index (χ3n) is 5.51. The number of nitrogens with one attached hydrogen (secondary N) is 2. The van der Waals surface area contributed by atoms with Gasteiger partial charge in [-0.3, -0.25) is 9.59 Å². The summed E-state index contributed by atoms with van der Waals surface area (Å²) in [7, 11) is 0. The third kappa shape index (κ3) is 4.07. The zero-order chi connectivity index (χ0) is 18.8. The van der Waals surface area contributed by atoms with Crippen LogP contribution in [0.5, 0.6) is 0 Å². The van der Waals surface area contributed by atoms with E-state index in [4.69, 9.17) is 0 Å². The molecular formula is C20H26N4O3. The number of rotatable bonds is 5. The summed E-state index contributed by atoms with van der Waals surface area (Å²) in [5.41, 5.74) is 1.88. The van der Waals surface area contributed by atoms with Crippen LogP contribution < -0.4 is 15.5 Å². The smallest absolute Gasteiger partial charge is 0.318 e. The molecule has 4 rings (SSSR count). The second kappa shape index (κ2) is 7.58. The molecule has 1 aromatic rings. The molecule has 0 radical (unpaired) electrons. The molecule has 3 fully saturated rings. The van der Waals surface area contributed by atoms with Crippen LogP contribution >= 0.6 is 0 Å². The van der Waals surface area contributed by atoms with Crippen LogP contribution in [-0.4, -0.2) is 47.9 Å². The van der Waals surface area contributed by atoms with E-state index in [9.17, 15) is 14.4 Å². The Kier molecular flexibility index (Phi) is 5.01. The Balaban J connectivity index is 1.30. The Labute approximate surface area is 159 Å². The summed E-state index contributed by atoms with van der Waals surface area (Å²) in [6.07, 6.45) is 5.19. The van der Waals surface area contributed by atoms with Gasteiger partial charge in [-0.2, -0.15) is 0 Å². The molecule has 7 nitrogen and oxygen atoms in total. The number of urea groups is 1. The Morgan fingerprint density at radius 2 is 1.81 bits per heavy atom. The fraction of sp³-hybridized carbons (Fsp3) is 0.550. The second-order valence-electron chi connectivity index (χ2n) is 7.61. The SMILES string of the molecule is O=C(NC1CC1)C1CCCN1C(=O)NCc1ccc(N2CCCC2=O)cc1. The highest BCUT2D eigenvalue weighted by Gasteiger charge is 2.36. The van der Waals surface area contributed by atoms with Crippen LogP contribution in [0.4, 0.5) is 10.5 Å². The van der Waals surface area contributed by atoms with E-state index >= 15 is 0 Å². The van der Waals surface area contributed by atoms with Crippen LogP contribution in [0.25, 0.3) is 0 Å². The highest BCUT2D eigenvalue weighted by molar-refractivity contribution is 5.95. The summed E-state index contributed by atoms with van der Waals surface area (Å²) in [6.45, 7) is 1.79. The van der Waals surface area contributed by atoms with E-state index in [-0.39, 0.29) is 23.9 Å². The summed E-state index contributed by atoms with van der Waals surface area (Å²) in [6, 6.07) is 7.48. The lowest BCUT2D eigenvalue weighted by molar-refractivity contribution is -0.124. The molecule has 0 spiro atoms. The summed E-state index contributed by atoms with van der Waals surface area (Å²) in [5.74, 6) is 0.144. The van der Waals surface area contributed by atoms with Crippen molar-refractivity contribution in [3.63, 3.8) is 0 Å². The highest BCUT2D eigenvalue weighted by atomic mass is 16.2. The van der Waals surface area contributed by atoms with Gasteiger partial charge in [-0.15, -0.1) is 0 Å². The van der Waals surface area contributed by atoms with Crippen molar-refractivity contribution in [2.75, 3.05) is 18.0 Å². The maximum atomic E-state index is 12.5. The van der Waals surface area contributed by atoms with E-state index in [0.717, 1.165) is 49.9 Å². The lowest BCUT2D eigenvalue weighted by atomic mass is 10.2. The van der Waals surface area contributed by atoms with Gasteiger partial charge in [0.25, 0.3) is 0 Å². The maximum Gasteiger partial charge on any atom is 0.318 e. The zero-order valence-electron chi connectivity index (χ0n) is 15.4. The molecule has 3 aliphatic rings. The predicted octanol–water partition coefficient (Wildman–Crippen LogP) is 1.77. The van der Waals surface area contributed by atoms with Crippen LogP contribution in [0.15, 0.2) is 24.3 Å². The van der Waals surface area contributed by atoms with Crippen molar-refractivity contribution in [1.82, 2.24) is 15.5 Å². The minimum Gasteiger partial charge on any atom is -0.352 e. The van der Waals surface area contributed by atoms with Gasteiger partial charge in [-0.25, -0.2) is 4.79 Å². The monoisotopic (exact) mass is 370 g/mol. The van der Waals surface area contributed by atoms with Crippen molar-refractivity contribution in [2.45, 2.75) is 57.2 Å². The normalized spacial score (nSPS) is 22.2. The standard InChI is InChI=1S/C20H26N4O3/c25-18-4-2-11-23(18)16-9-5-14(6-10-16)13-21-20(27)24-12-1-3-17(24)19(26)22-15-7-8-15/h5-6,9-10,15,17H,1-4,7-8,11-13H2,(H,21,27)(H,22,26). The van der Waals surface area contributed by atoms with Crippen molar-refractivity contribution >= 4 is 23.5 Å². The number of amides is 4. The number of carbonyl (C=O) groups excluding carboxylic acids is 3. The Bertz CT molecular complexity index is 729. The average molecular weight is 370 g/mol. The van der Waals surface area contributed by atoms with Crippen LogP contribution in [0.3, 0.4) is 0 Å². The van der Waals surface area contributed by atoms with Gasteiger partial charge in [0.05, 0.1) is 0 Å². The minimum atomic E-state index is -0.353. The van der Waals surface area contributed by atoms with Gasteiger partial charge in [0.15, 0.2) is 0 Å². The fourth-order valence-corrected chi connectivity index (χ4v) is 3.80. The molecule has 0 aromatic heterocycles. The molecule has 7 heteroatoms. The number of benzene rings is 1. The van der Waals surface area contributed by atoms with Gasteiger partial charge in [0.1, 0.15) is 6.04 Å². The molecule has 1 atom stereocenters. The summed E-state index contributed by atoms with van der Waals surface area (Å²) in [4.78, 5) is 40.1. The topological polar surface area (TPSA) is 81.8 Å². The van der Waals surface area contributed by atoms with Gasteiger partial charge >= 0.3 is 6.03 Å². The van der Waals surface area contributed by atoms with E-state index in [0.29, 0.717) is 25.6 Å². The van der Waals surface area contributed by atoms with E-state index in [2.05, 4.69) is 10.6 Å². The largest absolute Gasteiger partial charge is 0.352 e. The minimum absolute atomic E-state index is 0.0233.